The highest BCUT2D eigenvalue weighted by Gasteiger charge is 2.05. The molecule has 0 saturated heterocycles. The average molecular weight is 225 g/mol. The van der Waals surface area contributed by atoms with Gasteiger partial charge in [-0.3, -0.25) is 9.59 Å². The Balaban J connectivity index is 2.78. The van der Waals surface area contributed by atoms with Crippen molar-refractivity contribution < 1.29 is 18.7 Å². The second kappa shape index (κ2) is 5.11. The molecule has 1 amide bonds. The Morgan fingerprint density at radius 1 is 1.38 bits per heavy atom. The molecule has 0 fully saturated rings. The van der Waals surface area contributed by atoms with Crippen LogP contribution in [0.4, 0.5) is 5.69 Å². The zero-order valence-corrected chi connectivity index (χ0v) is 8.90. The van der Waals surface area contributed by atoms with Crippen LogP contribution in [0.3, 0.4) is 0 Å². The summed E-state index contributed by atoms with van der Waals surface area (Å²) in [7, 11) is 0. The van der Waals surface area contributed by atoms with Gasteiger partial charge in [0.2, 0.25) is 5.91 Å². The van der Waals surface area contributed by atoms with E-state index >= 15 is 0 Å². The molecule has 6 heteroatoms. The second-order valence-corrected chi connectivity index (χ2v) is 3.06. The van der Waals surface area contributed by atoms with Gasteiger partial charge in [-0.15, -0.1) is 0 Å². The van der Waals surface area contributed by atoms with Gasteiger partial charge in [0.25, 0.3) is 0 Å². The Morgan fingerprint density at radius 3 is 2.56 bits per heavy atom. The predicted octanol–water partition coefficient (Wildman–Crippen LogP) is 0.661. The zero-order chi connectivity index (χ0) is 12.1. The minimum Gasteiger partial charge on any atom is -0.458 e. The number of ether oxygens (including phenoxy) is 1. The molecule has 1 N–H and O–H groups in total. The zero-order valence-electron chi connectivity index (χ0n) is 8.90. The normalized spacial score (nSPS) is 9.62. The lowest BCUT2D eigenvalue weighted by molar-refractivity contribution is -0.142. The first kappa shape index (κ1) is 12.0. The third-order valence-electron chi connectivity index (χ3n) is 1.61. The van der Waals surface area contributed by atoms with Crippen molar-refractivity contribution in [2.24, 2.45) is 0 Å². The summed E-state index contributed by atoms with van der Waals surface area (Å²) in [6, 6.07) is 2.85. The van der Waals surface area contributed by atoms with E-state index in [4.69, 9.17) is 4.42 Å². The van der Waals surface area contributed by atoms with E-state index < -0.39 is 11.6 Å². The molecule has 1 aromatic rings. The van der Waals surface area contributed by atoms with Crippen LogP contribution in [0, 0.1) is 0 Å². The van der Waals surface area contributed by atoms with E-state index in [-0.39, 0.29) is 24.0 Å². The molecule has 0 spiro atoms. The van der Waals surface area contributed by atoms with Crippen LogP contribution >= 0.6 is 0 Å². The fraction of sp³-hybridized carbons (Fsp3) is 0.300. The first-order chi connectivity index (χ1) is 7.49. The van der Waals surface area contributed by atoms with E-state index in [9.17, 15) is 14.4 Å². The molecule has 1 heterocycles. The van der Waals surface area contributed by atoms with E-state index in [2.05, 4.69) is 10.1 Å². The summed E-state index contributed by atoms with van der Waals surface area (Å²) >= 11 is 0. The summed E-state index contributed by atoms with van der Waals surface area (Å²) in [4.78, 5) is 32.5. The highest BCUT2D eigenvalue weighted by molar-refractivity contribution is 5.88. The lowest BCUT2D eigenvalue weighted by atomic mass is 10.3. The van der Waals surface area contributed by atoms with Gasteiger partial charge in [-0.05, 0) is 12.1 Å². The van der Waals surface area contributed by atoms with E-state index in [0.717, 1.165) is 0 Å². The van der Waals surface area contributed by atoms with Crippen molar-refractivity contribution in [2.45, 2.75) is 20.5 Å². The maximum absolute atomic E-state index is 11.3. The fourth-order valence-electron chi connectivity index (χ4n) is 0.985. The molecule has 1 rings (SSSR count). The van der Waals surface area contributed by atoms with Gasteiger partial charge in [-0.2, -0.15) is 0 Å². The summed E-state index contributed by atoms with van der Waals surface area (Å²) in [5.41, 5.74) is -0.626. The molecule has 6 nitrogen and oxygen atoms in total. The minimum absolute atomic E-state index is 0.0547. The highest BCUT2D eigenvalue weighted by Crippen LogP contribution is 2.04. The number of carbonyl (C=O) groups is 2. The molecular weight excluding hydrogens is 214 g/mol. The van der Waals surface area contributed by atoms with Crippen molar-refractivity contribution in [3.05, 3.63) is 28.3 Å². The van der Waals surface area contributed by atoms with Gasteiger partial charge in [0.05, 0.1) is 0 Å². The van der Waals surface area contributed by atoms with Crippen LogP contribution in [0.5, 0.6) is 0 Å². The van der Waals surface area contributed by atoms with Gasteiger partial charge in [0, 0.05) is 13.8 Å². The first-order valence-corrected chi connectivity index (χ1v) is 4.53. The molecular formula is C10H11NO5. The maximum Gasteiger partial charge on any atom is 0.360 e. The van der Waals surface area contributed by atoms with Crippen LogP contribution < -0.4 is 10.9 Å². The number of rotatable bonds is 3. The standard InChI is InChI=1S/C10H11NO5/c1-6(12)11-9-4-3-8(16-10(9)14)5-15-7(2)13/h3-4H,5H2,1-2H3,(H,11,12). The quantitative estimate of drug-likeness (QED) is 0.764. The van der Waals surface area contributed by atoms with Crippen LogP contribution in [0.25, 0.3) is 0 Å². The SMILES string of the molecule is CC(=O)Nc1ccc(COC(C)=O)oc1=O. The van der Waals surface area contributed by atoms with Crippen molar-refractivity contribution >= 4 is 17.6 Å². The van der Waals surface area contributed by atoms with Crippen LogP contribution in [0.1, 0.15) is 19.6 Å². The lowest BCUT2D eigenvalue weighted by Gasteiger charge is -2.02. The largest absolute Gasteiger partial charge is 0.458 e. The second-order valence-electron chi connectivity index (χ2n) is 3.06. The van der Waals surface area contributed by atoms with Gasteiger partial charge < -0.3 is 14.5 Å². The number of esters is 1. The van der Waals surface area contributed by atoms with Crippen LogP contribution in [0.15, 0.2) is 21.3 Å². The Kier molecular flexibility index (Phi) is 3.82. The van der Waals surface area contributed by atoms with Crippen molar-refractivity contribution in [3.63, 3.8) is 0 Å². The van der Waals surface area contributed by atoms with E-state index in [1.807, 2.05) is 0 Å². The topological polar surface area (TPSA) is 85.6 Å². The van der Waals surface area contributed by atoms with E-state index in [1.165, 1.54) is 26.0 Å². The fourth-order valence-corrected chi connectivity index (χ4v) is 0.985. The molecule has 0 aliphatic rings. The number of carbonyl (C=O) groups excluding carboxylic acids is 2. The van der Waals surface area contributed by atoms with Crippen LogP contribution in [0.2, 0.25) is 0 Å². The molecule has 0 saturated carbocycles. The molecule has 0 aliphatic heterocycles. The monoisotopic (exact) mass is 225 g/mol. The number of hydrogen-bond donors (Lipinski definition) is 1. The molecule has 0 aromatic carbocycles. The number of nitrogens with one attached hydrogen (secondary N) is 1. The van der Waals surface area contributed by atoms with Gasteiger partial charge in [-0.25, -0.2) is 4.79 Å². The summed E-state index contributed by atoms with van der Waals surface area (Å²) in [6.07, 6.45) is 0. The Labute approximate surface area is 91.2 Å². The van der Waals surface area contributed by atoms with Gasteiger partial charge >= 0.3 is 11.6 Å². The third-order valence-corrected chi connectivity index (χ3v) is 1.61. The molecule has 0 unspecified atom stereocenters. The van der Waals surface area contributed by atoms with Crippen molar-refractivity contribution in [2.75, 3.05) is 5.32 Å². The Morgan fingerprint density at radius 2 is 2.06 bits per heavy atom. The molecule has 0 atom stereocenters. The van der Waals surface area contributed by atoms with Gasteiger partial charge in [0.1, 0.15) is 18.1 Å². The number of anilines is 1. The maximum atomic E-state index is 11.3. The molecule has 1 aromatic heterocycles. The minimum atomic E-state index is -0.681. The molecule has 0 radical (unpaired) electrons. The van der Waals surface area contributed by atoms with E-state index in [1.54, 1.807) is 0 Å². The van der Waals surface area contributed by atoms with Crippen LogP contribution in [-0.2, 0) is 20.9 Å². The summed E-state index contributed by atoms with van der Waals surface area (Å²) in [5.74, 6) is -0.608. The van der Waals surface area contributed by atoms with E-state index in [0.29, 0.717) is 0 Å². The number of amides is 1. The predicted molar refractivity (Wildman–Crippen MR) is 54.8 cm³/mol. The van der Waals surface area contributed by atoms with Crippen molar-refractivity contribution in [1.82, 2.24) is 0 Å². The Bertz CT molecular complexity index is 463. The molecule has 0 aliphatic carbocycles. The smallest absolute Gasteiger partial charge is 0.360 e. The molecule has 0 bridgehead atoms. The highest BCUT2D eigenvalue weighted by atomic mass is 16.5. The summed E-state index contributed by atoms with van der Waals surface area (Å²) in [5, 5.41) is 2.31. The average Bonchev–Trinajstić information content (AvgIpc) is 2.18. The summed E-state index contributed by atoms with van der Waals surface area (Å²) < 4.78 is 9.46. The lowest BCUT2D eigenvalue weighted by Crippen LogP contribution is -2.15. The number of hydrogen-bond acceptors (Lipinski definition) is 5. The van der Waals surface area contributed by atoms with Gasteiger partial charge in [-0.1, -0.05) is 0 Å². The molecule has 16 heavy (non-hydrogen) atoms. The van der Waals surface area contributed by atoms with Crippen LogP contribution in [-0.4, -0.2) is 11.9 Å². The van der Waals surface area contributed by atoms with Gasteiger partial charge in [0.15, 0.2) is 0 Å². The molecule has 86 valence electrons. The summed E-state index contributed by atoms with van der Waals surface area (Å²) in [6.45, 7) is 2.43. The first-order valence-electron chi connectivity index (χ1n) is 4.53. The van der Waals surface area contributed by atoms with Crippen molar-refractivity contribution in [1.29, 1.82) is 0 Å². The Hall–Kier alpha value is -2.11. The van der Waals surface area contributed by atoms with Crippen molar-refractivity contribution in [3.8, 4) is 0 Å². The third kappa shape index (κ3) is 3.56.